The summed E-state index contributed by atoms with van der Waals surface area (Å²) < 4.78 is 0. The van der Waals surface area contributed by atoms with Gasteiger partial charge >= 0.3 is 0 Å². The van der Waals surface area contributed by atoms with Crippen molar-refractivity contribution < 1.29 is 19.5 Å². The monoisotopic (exact) mass is 379 g/mol. The Bertz CT molecular complexity index is 871. The Labute approximate surface area is 164 Å². The molecule has 0 bridgehead atoms. The normalized spacial score (nSPS) is 12.4. The molecule has 1 atom stereocenters. The standard InChI is InChI=1S/C22H24N2O4/c1-14(2)19(22(27)28)24-21(26)18(13-16-7-5-4-6-8-16)23-20(25)17-11-9-15(3)10-12-17/h4-14,19H,1-3H3,(H,23,25)(H,24,26)(H,27,28)/p-1/b18-13+/t19-/m1/s1. The second-order valence-corrected chi connectivity index (χ2v) is 6.80. The van der Waals surface area contributed by atoms with Gasteiger partial charge in [0.05, 0.1) is 12.0 Å². The van der Waals surface area contributed by atoms with Gasteiger partial charge in [-0.25, -0.2) is 0 Å². The van der Waals surface area contributed by atoms with E-state index >= 15 is 0 Å². The zero-order valence-corrected chi connectivity index (χ0v) is 16.1. The molecule has 6 nitrogen and oxygen atoms in total. The topological polar surface area (TPSA) is 98.3 Å². The van der Waals surface area contributed by atoms with Crippen LogP contribution in [0.25, 0.3) is 6.08 Å². The number of carbonyl (C=O) groups excluding carboxylic acids is 3. The molecule has 0 unspecified atom stereocenters. The third-order valence-electron chi connectivity index (χ3n) is 4.12. The molecule has 2 rings (SSSR count). The summed E-state index contributed by atoms with van der Waals surface area (Å²) in [5, 5.41) is 16.3. The SMILES string of the molecule is Cc1ccc(C(=O)N/C(=C/c2ccccc2)C(=O)N[C@@H](C(=O)[O-])C(C)C)cc1. The summed E-state index contributed by atoms with van der Waals surface area (Å²) in [5.74, 6) is -2.92. The zero-order chi connectivity index (χ0) is 20.7. The number of benzene rings is 2. The van der Waals surface area contributed by atoms with E-state index in [2.05, 4.69) is 10.6 Å². The predicted molar refractivity (Wildman–Crippen MR) is 105 cm³/mol. The number of rotatable bonds is 7. The Balaban J connectivity index is 2.30. The fraction of sp³-hybridized carbons (Fsp3) is 0.227. The summed E-state index contributed by atoms with van der Waals surface area (Å²) in [6.45, 7) is 5.22. The number of aryl methyl sites for hydroxylation is 1. The molecule has 0 saturated heterocycles. The Morgan fingerprint density at radius 3 is 2.11 bits per heavy atom. The van der Waals surface area contributed by atoms with E-state index in [1.807, 2.05) is 13.0 Å². The van der Waals surface area contributed by atoms with Crippen LogP contribution in [0.15, 0.2) is 60.3 Å². The van der Waals surface area contributed by atoms with Gasteiger partial charge in [0.25, 0.3) is 11.8 Å². The first-order valence-electron chi connectivity index (χ1n) is 8.94. The minimum atomic E-state index is -1.38. The van der Waals surface area contributed by atoms with E-state index in [-0.39, 0.29) is 11.6 Å². The second-order valence-electron chi connectivity index (χ2n) is 6.80. The highest BCUT2D eigenvalue weighted by Crippen LogP contribution is 2.09. The highest BCUT2D eigenvalue weighted by molar-refractivity contribution is 6.06. The Kier molecular flexibility index (Phi) is 7.09. The summed E-state index contributed by atoms with van der Waals surface area (Å²) in [6, 6.07) is 14.7. The molecule has 6 heteroatoms. The van der Waals surface area contributed by atoms with E-state index in [0.717, 1.165) is 5.56 Å². The lowest BCUT2D eigenvalue weighted by Gasteiger charge is -2.24. The van der Waals surface area contributed by atoms with Gasteiger partial charge in [0.1, 0.15) is 5.70 Å². The highest BCUT2D eigenvalue weighted by Gasteiger charge is 2.21. The molecule has 0 aromatic heterocycles. The number of carboxylic acid groups (broad SMARTS) is 1. The molecule has 2 N–H and O–H groups in total. The van der Waals surface area contributed by atoms with Gasteiger partial charge in [-0.2, -0.15) is 0 Å². The van der Waals surface area contributed by atoms with Crippen molar-refractivity contribution in [3.8, 4) is 0 Å². The molecule has 0 aliphatic carbocycles. The van der Waals surface area contributed by atoms with Crippen molar-refractivity contribution in [2.45, 2.75) is 26.8 Å². The van der Waals surface area contributed by atoms with Crippen molar-refractivity contribution in [3.63, 3.8) is 0 Å². The second kappa shape index (κ2) is 9.50. The van der Waals surface area contributed by atoms with E-state index in [0.29, 0.717) is 11.1 Å². The third kappa shape index (κ3) is 5.81. The van der Waals surface area contributed by atoms with Crippen LogP contribution in [0.3, 0.4) is 0 Å². The average Bonchev–Trinajstić information content (AvgIpc) is 2.66. The van der Waals surface area contributed by atoms with Gasteiger partial charge in [-0.05, 0) is 36.6 Å². The fourth-order valence-electron chi connectivity index (χ4n) is 2.49. The molecular formula is C22H23N2O4-. The first-order valence-corrected chi connectivity index (χ1v) is 8.94. The number of amides is 2. The van der Waals surface area contributed by atoms with Crippen molar-refractivity contribution in [2.24, 2.45) is 5.92 Å². The first-order chi connectivity index (χ1) is 13.3. The van der Waals surface area contributed by atoms with Crippen molar-refractivity contribution in [1.82, 2.24) is 10.6 Å². The van der Waals surface area contributed by atoms with Crippen LogP contribution in [0, 0.1) is 12.8 Å². The molecule has 0 aliphatic heterocycles. The average molecular weight is 379 g/mol. The van der Waals surface area contributed by atoms with Crippen molar-refractivity contribution in [3.05, 3.63) is 77.0 Å². The maximum Gasteiger partial charge on any atom is 0.268 e. The summed E-state index contributed by atoms with van der Waals surface area (Å²) in [5.41, 5.74) is 2.02. The lowest BCUT2D eigenvalue weighted by molar-refractivity contribution is -0.309. The van der Waals surface area contributed by atoms with Crippen molar-refractivity contribution in [1.29, 1.82) is 0 Å². The van der Waals surface area contributed by atoms with Crippen LogP contribution in [0.1, 0.15) is 35.3 Å². The molecule has 2 aromatic carbocycles. The van der Waals surface area contributed by atoms with Gasteiger partial charge in [0.15, 0.2) is 0 Å². The van der Waals surface area contributed by atoms with E-state index in [1.54, 1.807) is 62.4 Å². The minimum absolute atomic E-state index is 0.0522. The number of nitrogens with one attached hydrogen (secondary N) is 2. The van der Waals surface area contributed by atoms with Crippen LogP contribution in [0.4, 0.5) is 0 Å². The number of carboxylic acids is 1. The summed E-state index contributed by atoms with van der Waals surface area (Å²) >= 11 is 0. The Hall–Kier alpha value is -3.41. The predicted octanol–water partition coefficient (Wildman–Crippen LogP) is 1.66. The van der Waals surface area contributed by atoms with Crippen LogP contribution >= 0.6 is 0 Å². The molecule has 0 heterocycles. The van der Waals surface area contributed by atoms with Crippen LogP contribution < -0.4 is 15.7 Å². The lowest BCUT2D eigenvalue weighted by Crippen LogP contribution is -2.52. The summed E-state index contributed by atoms with van der Waals surface area (Å²) in [6.07, 6.45) is 1.49. The zero-order valence-electron chi connectivity index (χ0n) is 16.1. The van der Waals surface area contributed by atoms with Crippen LogP contribution in [0.2, 0.25) is 0 Å². The van der Waals surface area contributed by atoms with Gasteiger partial charge in [0, 0.05) is 5.56 Å². The molecule has 0 fully saturated rings. The third-order valence-corrected chi connectivity index (χ3v) is 4.12. The molecular weight excluding hydrogens is 356 g/mol. The Morgan fingerprint density at radius 2 is 1.57 bits per heavy atom. The molecule has 0 saturated carbocycles. The van der Waals surface area contributed by atoms with E-state index in [4.69, 9.17) is 0 Å². The first kappa shape index (κ1) is 20.9. The molecule has 2 amide bonds. The molecule has 0 spiro atoms. The van der Waals surface area contributed by atoms with Gasteiger partial charge in [0.2, 0.25) is 0 Å². The lowest BCUT2D eigenvalue weighted by atomic mass is 10.0. The maximum absolute atomic E-state index is 12.7. The molecule has 28 heavy (non-hydrogen) atoms. The van der Waals surface area contributed by atoms with Gasteiger partial charge in [-0.1, -0.05) is 61.9 Å². The number of hydrogen-bond donors (Lipinski definition) is 2. The highest BCUT2D eigenvalue weighted by atomic mass is 16.4. The van der Waals surface area contributed by atoms with E-state index in [1.165, 1.54) is 6.08 Å². The quantitative estimate of drug-likeness (QED) is 0.715. The summed E-state index contributed by atoms with van der Waals surface area (Å²) in [7, 11) is 0. The van der Waals surface area contributed by atoms with E-state index in [9.17, 15) is 19.5 Å². The smallest absolute Gasteiger partial charge is 0.268 e. The van der Waals surface area contributed by atoms with Gasteiger partial charge in [-0.15, -0.1) is 0 Å². The largest absolute Gasteiger partial charge is 0.548 e. The van der Waals surface area contributed by atoms with Crippen LogP contribution in [0.5, 0.6) is 0 Å². The van der Waals surface area contributed by atoms with Crippen LogP contribution in [-0.2, 0) is 9.59 Å². The number of carbonyl (C=O) groups is 3. The van der Waals surface area contributed by atoms with Gasteiger partial charge < -0.3 is 20.5 Å². The van der Waals surface area contributed by atoms with Crippen LogP contribution in [-0.4, -0.2) is 23.8 Å². The maximum atomic E-state index is 12.7. The molecule has 0 radical (unpaired) electrons. The van der Waals surface area contributed by atoms with Crippen molar-refractivity contribution >= 4 is 23.9 Å². The van der Waals surface area contributed by atoms with E-state index < -0.39 is 23.8 Å². The summed E-state index contributed by atoms with van der Waals surface area (Å²) in [4.78, 5) is 36.6. The van der Waals surface area contributed by atoms with Gasteiger partial charge in [-0.3, -0.25) is 9.59 Å². The minimum Gasteiger partial charge on any atom is -0.548 e. The fourth-order valence-corrected chi connectivity index (χ4v) is 2.49. The molecule has 146 valence electrons. The van der Waals surface area contributed by atoms with Crippen molar-refractivity contribution in [2.75, 3.05) is 0 Å². The number of hydrogen-bond acceptors (Lipinski definition) is 4. The number of aliphatic carboxylic acids is 1. The molecule has 2 aromatic rings. The Morgan fingerprint density at radius 1 is 0.964 bits per heavy atom. The molecule has 0 aliphatic rings.